The maximum absolute atomic E-state index is 11.7. The van der Waals surface area contributed by atoms with Crippen LogP contribution in [0, 0.1) is 0 Å². The Morgan fingerprint density at radius 3 is 3.00 bits per heavy atom. The highest BCUT2D eigenvalue weighted by molar-refractivity contribution is 5.81. The van der Waals surface area contributed by atoms with Crippen LogP contribution in [0.15, 0.2) is 0 Å². The first-order valence-electron chi connectivity index (χ1n) is 5.31. The van der Waals surface area contributed by atoms with E-state index in [1.54, 1.807) is 6.92 Å². The zero-order valence-corrected chi connectivity index (χ0v) is 9.03. The number of hydrogen-bond donors (Lipinski definition) is 1. The third kappa shape index (κ3) is 2.96. The van der Waals surface area contributed by atoms with Gasteiger partial charge in [-0.25, -0.2) is 0 Å². The highest BCUT2D eigenvalue weighted by Crippen LogP contribution is 2.09. The van der Waals surface area contributed by atoms with Crippen LogP contribution < -0.4 is 5.73 Å². The van der Waals surface area contributed by atoms with E-state index >= 15 is 0 Å². The molecule has 0 bridgehead atoms. The lowest BCUT2D eigenvalue weighted by Crippen LogP contribution is -2.44. The Hall–Kier alpha value is -0.610. The zero-order chi connectivity index (χ0) is 10.6. The summed E-state index contributed by atoms with van der Waals surface area (Å²) < 4.78 is 5.58. The molecule has 1 aliphatic rings. The fourth-order valence-electron chi connectivity index (χ4n) is 1.63. The van der Waals surface area contributed by atoms with E-state index in [1.165, 1.54) is 0 Å². The van der Waals surface area contributed by atoms with Gasteiger partial charge in [0, 0.05) is 19.7 Å². The van der Waals surface area contributed by atoms with Crippen molar-refractivity contribution in [2.24, 2.45) is 5.73 Å². The third-order valence-electron chi connectivity index (χ3n) is 2.51. The van der Waals surface area contributed by atoms with E-state index < -0.39 is 6.04 Å². The van der Waals surface area contributed by atoms with Crippen LogP contribution in [-0.2, 0) is 9.53 Å². The fourth-order valence-corrected chi connectivity index (χ4v) is 1.63. The van der Waals surface area contributed by atoms with Crippen LogP contribution in [0.3, 0.4) is 0 Å². The fraction of sp³-hybridized carbons (Fsp3) is 0.900. The second-order valence-electron chi connectivity index (χ2n) is 3.83. The lowest BCUT2D eigenvalue weighted by atomic mass is 10.2. The van der Waals surface area contributed by atoms with Crippen molar-refractivity contribution in [2.45, 2.75) is 38.8 Å². The van der Waals surface area contributed by atoms with Crippen molar-refractivity contribution in [2.75, 3.05) is 19.7 Å². The van der Waals surface area contributed by atoms with E-state index in [0.29, 0.717) is 6.54 Å². The number of amides is 1. The van der Waals surface area contributed by atoms with E-state index in [2.05, 4.69) is 6.92 Å². The monoisotopic (exact) mass is 200 g/mol. The maximum atomic E-state index is 11.7. The van der Waals surface area contributed by atoms with Crippen molar-refractivity contribution in [3.05, 3.63) is 0 Å². The molecule has 82 valence electrons. The Bertz CT molecular complexity index is 195. The molecule has 0 spiro atoms. The summed E-state index contributed by atoms with van der Waals surface area (Å²) in [5.41, 5.74) is 5.57. The number of carbonyl (C=O) groups excluding carboxylic acids is 1. The summed E-state index contributed by atoms with van der Waals surface area (Å²) in [5.74, 6) is 0.0361. The number of carbonyl (C=O) groups is 1. The van der Waals surface area contributed by atoms with Crippen molar-refractivity contribution >= 4 is 5.91 Å². The summed E-state index contributed by atoms with van der Waals surface area (Å²) in [6.45, 7) is 6.02. The second kappa shape index (κ2) is 5.32. The van der Waals surface area contributed by atoms with E-state index in [9.17, 15) is 4.79 Å². The second-order valence-corrected chi connectivity index (χ2v) is 3.83. The molecule has 4 nitrogen and oxygen atoms in total. The molecule has 2 N–H and O–H groups in total. The SMILES string of the molecule is CCC1CN(C(=O)[C@H](C)N)CCCO1. The van der Waals surface area contributed by atoms with E-state index in [0.717, 1.165) is 26.0 Å². The Balaban J connectivity index is 2.54. The van der Waals surface area contributed by atoms with Crippen LogP contribution in [0.4, 0.5) is 0 Å². The summed E-state index contributed by atoms with van der Waals surface area (Å²) in [5, 5.41) is 0. The van der Waals surface area contributed by atoms with Crippen molar-refractivity contribution in [3.63, 3.8) is 0 Å². The van der Waals surface area contributed by atoms with E-state index in [4.69, 9.17) is 10.5 Å². The summed E-state index contributed by atoms with van der Waals surface area (Å²) in [7, 11) is 0. The third-order valence-corrected chi connectivity index (χ3v) is 2.51. The Morgan fingerprint density at radius 2 is 2.43 bits per heavy atom. The van der Waals surface area contributed by atoms with Gasteiger partial charge in [0.05, 0.1) is 12.1 Å². The number of nitrogens with two attached hydrogens (primary N) is 1. The molecule has 2 atom stereocenters. The highest BCUT2D eigenvalue weighted by Gasteiger charge is 2.23. The molecule has 4 heteroatoms. The van der Waals surface area contributed by atoms with Crippen LogP contribution in [0.25, 0.3) is 0 Å². The first-order valence-corrected chi connectivity index (χ1v) is 5.31. The average molecular weight is 200 g/mol. The van der Waals surface area contributed by atoms with E-state index in [1.807, 2.05) is 4.90 Å². The first kappa shape index (κ1) is 11.5. The van der Waals surface area contributed by atoms with Crippen LogP contribution >= 0.6 is 0 Å². The van der Waals surface area contributed by atoms with Gasteiger partial charge in [-0.05, 0) is 19.8 Å². The van der Waals surface area contributed by atoms with Gasteiger partial charge in [0.2, 0.25) is 5.91 Å². The van der Waals surface area contributed by atoms with Crippen LogP contribution in [0.2, 0.25) is 0 Å². The zero-order valence-electron chi connectivity index (χ0n) is 9.03. The maximum Gasteiger partial charge on any atom is 0.239 e. The van der Waals surface area contributed by atoms with Crippen molar-refractivity contribution in [1.82, 2.24) is 4.90 Å². The molecule has 1 rings (SSSR count). The molecule has 1 saturated heterocycles. The molecule has 14 heavy (non-hydrogen) atoms. The molecular weight excluding hydrogens is 180 g/mol. The van der Waals surface area contributed by atoms with Gasteiger partial charge >= 0.3 is 0 Å². The number of nitrogens with zero attached hydrogens (tertiary/aromatic N) is 1. The Labute approximate surface area is 85.4 Å². The average Bonchev–Trinajstić information content (AvgIpc) is 2.41. The molecule has 0 aromatic rings. The molecule has 0 aromatic heterocycles. The summed E-state index contributed by atoms with van der Waals surface area (Å²) in [6, 6.07) is -0.398. The molecule has 0 saturated carbocycles. The van der Waals surface area contributed by atoms with Crippen LogP contribution in [-0.4, -0.2) is 42.6 Å². The van der Waals surface area contributed by atoms with Crippen molar-refractivity contribution in [1.29, 1.82) is 0 Å². The van der Waals surface area contributed by atoms with Crippen LogP contribution in [0.5, 0.6) is 0 Å². The molecule has 0 aliphatic carbocycles. The lowest BCUT2D eigenvalue weighted by molar-refractivity contribution is -0.133. The minimum Gasteiger partial charge on any atom is -0.376 e. The molecular formula is C10H20N2O2. The van der Waals surface area contributed by atoms with Crippen molar-refractivity contribution < 1.29 is 9.53 Å². The first-order chi connectivity index (χ1) is 6.65. The number of rotatable bonds is 2. The summed E-state index contributed by atoms with van der Waals surface area (Å²) in [4.78, 5) is 13.5. The lowest BCUT2D eigenvalue weighted by Gasteiger charge is -2.24. The molecule has 1 amide bonds. The van der Waals surface area contributed by atoms with Gasteiger partial charge in [0.25, 0.3) is 0 Å². The standard InChI is InChI=1S/C10H20N2O2/c1-3-9-7-12(5-4-6-14-9)10(13)8(2)11/h8-9H,3-7,11H2,1-2H3/t8-,9?/m0/s1. The van der Waals surface area contributed by atoms with Crippen LogP contribution in [0.1, 0.15) is 26.7 Å². The smallest absolute Gasteiger partial charge is 0.239 e. The van der Waals surface area contributed by atoms with Gasteiger partial charge < -0.3 is 15.4 Å². The molecule has 1 aliphatic heterocycles. The topological polar surface area (TPSA) is 55.6 Å². The minimum atomic E-state index is -0.398. The molecule has 1 unspecified atom stereocenters. The minimum absolute atomic E-state index is 0.0361. The number of ether oxygens (including phenoxy) is 1. The summed E-state index contributed by atoms with van der Waals surface area (Å²) in [6.07, 6.45) is 2.04. The summed E-state index contributed by atoms with van der Waals surface area (Å²) >= 11 is 0. The Kier molecular flexibility index (Phi) is 4.35. The molecule has 1 heterocycles. The predicted molar refractivity (Wildman–Crippen MR) is 54.9 cm³/mol. The quantitative estimate of drug-likeness (QED) is 0.700. The van der Waals surface area contributed by atoms with Gasteiger partial charge in [0.1, 0.15) is 0 Å². The molecule has 0 radical (unpaired) electrons. The van der Waals surface area contributed by atoms with E-state index in [-0.39, 0.29) is 12.0 Å². The normalized spacial score (nSPS) is 25.6. The van der Waals surface area contributed by atoms with Crippen molar-refractivity contribution in [3.8, 4) is 0 Å². The van der Waals surface area contributed by atoms with Gasteiger partial charge in [0.15, 0.2) is 0 Å². The largest absolute Gasteiger partial charge is 0.376 e. The highest BCUT2D eigenvalue weighted by atomic mass is 16.5. The van der Waals surface area contributed by atoms with Gasteiger partial charge in [-0.3, -0.25) is 4.79 Å². The van der Waals surface area contributed by atoms with Gasteiger partial charge in [-0.2, -0.15) is 0 Å². The van der Waals surface area contributed by atoms with Gasteiger partial charge in [-0.15, -0.1) is 0 Å². The molecule has 1 fully saturated rings. The predicted octanol–water partition coefficient (Wildman–Crippen LogP) is 0.361. The number of hydrogen-bond acceptors (Lipinski definition) is 3. The van der Waals surface area contributed by atoms with Gasteiger partial charge in [-0.1, -0.05) is 6.92 Å². The molecule has 0 aromatic carbocycles. The Morgan fingerprint density at radius 1 is 1.71 bits per heavy atom.